The summed E-state index contributed by atoms with van der Waals surface area (Å²) in [6, 6.07) is 54.7. The van der Waals surface area contributed by atoms with Crippen molar-refractivity contribution in [2.75, 3.05) is 0 Å². The van der Waals surface area contributed by atoms with Crippen molar-refractivity contribution in [3.05, 3.63) is 205 Å². The molecule has 0 bridgehead atoms. The molecule has 0 N–H and O–H groups in total. The molecule has 0 aliphatic heterocycles. The summed E-state index contributed by atoms with van der Waals surface area (Å²) in [7, 11) is 0. The number of imidazole rings is 1. The summed E-state index contributed by atoms with van der Waals surface area (Å²) in [4.78, 5) is 5.05. The maximum absolute atomic E-state index is 5.05. The average Bonchev–Trinajstić information content (AvgIpc) is 3.64. The third-order valence-electron chi connectivity index (χ3n) is 11.3. The molecule has 0 saturated carbocycles. The number of pyridine rings is 1. The summed E-state index contributed by atoms with van der Waals surface area (Å²) in [5.74, 6) is 0. The topological polar surface area (TPSA) is 17.3 Å². The van der Waals surface area contributed by atoms with Gasteiger partial charge in [0.2, 0.25) is 0 Å². The lowest BCUT2D eigenvalue weighted by atomic mass is 9.82. The van der Waals surface area contributed by atoms with E-state index in [0.29, 0.717) is 0 Å². The largest absolute Gasteiger partial charge is 0.292 e. The van der Waals surface area contributed by atoms with E-state index < -0.39 is 0 Å². The zero-order valence-corrected chi connectivity index (χ0v) is 31.0. The van der Waals surface area contributed by atoms with Crippen LogP contribution in [0.4, 0.5) is 0 Å². The molecular formula is C54H38N2. The molecule has 56 heavy (non-hydrogen) atoms. The van der Waals surface area contributed by atoms with E-state index in [1.807, 2.05) is 24.3 Å². The molecule has 264 valence electrons. The molecule has 0 fully saturated rings. The Morgan fingerprint density at radius 1 is 0.464 bits per heavy atom. The van der Waals surface area contributed by atoms with Crippen molar-refractivity contribution in [1.29, 1.82) is 0 Å². The Hall–Kier alpha value is -7.29. The predicted molar refractivity (Wildman–Crippen MR) is 243 cm³/mol. The molecule has 0 radical (unpaired) electrons. The van der Waals surface area contributed by atoms with Crippen LogP contribution in [0, 0.1) is 0 Å². The molecule has 0 aliphatic rings. The fourth-order valence-corrected chi connectivity index (χ4v) is 8.74. The van der Waals surface area contributed by atoms with Gasteiger partial charge in [0.05, 0.1) is 16.6 Å². The van der Waals surface area contributed by atoms with Gasteiger partial charge in [-0.2, -0.15) is 0 Å². The molecule has 2 nitrogen and oxygen atoms in total. The van der Waals surface area contributed by atoms with Crippen molar-refractivity contribution in [3.63, 3.8) is 0 Å². The van der Waals surface area contributed by atoms with E-state index in [2.05, 4.69) is 182 Å². The fraction of sp³-hybridized carbons (Fsp3) is 0.0185. The molecule has 0 aliphatic carbocycles. The Kier molecular flexibility index (Phi) is 8.04. The number of rotatable bonds is 8. The monoisotopic (exact) mass is 714 g/mol. The fourth-order valence-electron chi connectivity index (χ4n) is 8.74. The number of hydrogen-bond acceptors (Lipinski definition) is 1. The third kappa shape index (κ3) is 5.30. The second-order valence-corrected chi connectivity index (χ2v) is 14.4. The Balaban J connectivity index is 1.19. The Labute approximate surface area is 326 Å². The van der Waals surface area contributed by atoms with Gasteiger partial charge in [0.15, 0.2) is 0 Å². The van der Waals surface area contributed by atoms with Crippen molar-refractivity contribution in [2.24, 2.45) is 0 Å². The van der Waals surface area contributed by atoms with Gasteiger partial charge in [-0.15, -0.1) is 0 Å². The molecule has 2 heterocycles. The van der Waals surface area contributed by atoms with Crippen LogP contribution in [0.3, 0.4) is 0 Å². The molecule has 0 atom stereocenters. The van der Waals surface area contributed by atoms with Gasteiger partial charge in [-0.3, -0.25) is 4.40 Å². The van der Waals surface area contributed by atoms with Crippen LogP contribution in [-0.2, 0) is 6.42 Å². The molecule has 0 unspecified atom stereocenters. The molecule has 0 spiro atoms. The Morgan fingerprint density at radius 2 is 1.04 bits per heavy atom. The van der Waals surface area contributed by atoms with Gasteiger partial charge in [0.25, 0.3) is 0 Å². The van der Waals surface area contributed by atoms with Crippen molar-refractivity contribution in [2.45, 2.75) is 6.42 Å². The number of benzene rings is 8. The predicted octanol–water partition coefficient (Wildman–Crippen LogP) is 14.6. The normalized spacial score (nSPS) is 11.8. The molecule has 0 amide bonds. The van der Waals surface area contributed by atoms with E-state index >= 15 is 0 Å². The number of nitrogens with zero attached hydrogens (tertiary/aromatic N) is 2. The summed E-state index contributed by atoms with van der Waals surface area (Å²) in [5, 5.41) is 8.44. The van der Waals surface area contributed by atoms with Crippen LogP contribution in [0.2, 0.25) is 0 Å². The number of aromatic nitrogens is 2. The molecular weight excluding hydrogens is 677 g/mol. The van der Waals surface area contributed by atoms with Crippen molar-refractivity contribution in [1.82, 2.24) is 9.38 Å². The third-order valence-corrected chi connectivity index (χ3v) is 11.3. The smallest absolute Gasteiger partial charge is 0.146 e. The summed E-state index contributed by atoms with van der Waals surface area (Å²) in [6.07, 6.45) is 11.2. The molecule has 8 aromatic carbocycles. The first kappa shape index (κ1) is 33.3. The minimum Gasteiger partial charge on any atom is -0.292 e. The highest BCUT2D eigenvalue weighted by molar-refractivity contribution is 6.13. The highest BCUT2D eigenvalue weighted by atomic mass is 15.0. The lowest BCUT2D eigenvalue weighted by Gasteiger charge is -2.21. The maximum atomic E-state index is 5.05. The SMILES string of the molecule is C=Cc1c(/C=C\Cc2ccc3c(C=C)c(C=C)c4nc5ccccc5n4c3c2)c(-c2ccc3ccccc3c2)c2ccccc2c1-c1ccc2ccccc2c1. The van der Waals surface area contributed by atoms with Gasteiger partial charge in [0.1, 0.15) is 5.65 Å². The van der Waals surface area contributed by atoms with Crippen LogP contribution in [-0.4, -0.2) is 9.38 Å². The van der Waals surface area contributed by atoms with Crippen LogP contribution >= 0.6 is 0 Å². The van der Waals surface area contributed by atoms with E-state index in [0.717, 1.165) is 56.3 Å². The average molecular weight is 715 g/mol. The van der Waals surface area contributed by atoms with E-state index in [-0.39, 0.29) is 0 Å². The Bertz CT molecular complexity index is 3280. The van der Waals surface area contributed by atoms with Gasteiger partial charge in [-0.05, 0) is 114 Å². The first-order valence-electron chi connectivity index (χ1n) is 19.1. The molecule has 2 heteroatoms. The molecule has 0 saturated heterocycles. The van der Waals surface area contributed by atoms with Crippen molar-refractivity contribution < 1.29 is 0 Å². The lowest BCUT2D eigenvalue weighted by molar-refractivity contribution is 1.25. The van der Waals surface area contributed by atoms with Crippen LogP contribution in [0.5, 0.6) is 0 Å². The zero-order chi connectivity index (χ0) is 37.8. The van der Waals surface area contributed by atoms with Crippen molar-refractivity contribution >= 4 is 84.2 Å². The van der Waals surface area contributed by atoms with E-state index in [9.17, 15) is 0 Å². The minimum atomic E-state index is 0.739. The number of para-hydroxylation sites is 2. The number of allylic oxidation sites excluding steroid dienone is 1. The highest BCUT2D eigenvalue weighted by Crippen LogP contribution is 2.44. The quantitative estimate of drug-likeness (QED) is 0.153. The van der Waals surface area contributed by atoms with Gasteiger partial charge < -0.3 is 0 Å². The van der Waals surface area contributed by atoms with Crippen molar-refractivity contribution in [3.8, 4) is 22.3 Å². The van der Waals surface area contributed by atoms with E-state index in [4.69, 9.17) is 4.98 Å². The van der Waals surface area contributed by atoms with Gasteiger partial charge in [0, 0.05) is 10.9 Å². The molecule has 10 aromatic rings. The second-order valence-electron chi connectivity index (χ2n) is 14.4. The number of hydrogen-bond donors (Lipinski definition) is 0. The van der Waals surface area contributed by atoms with Gasteiger partial charge >= 0.3 is 0 Å². The summed E-state index contributed by atoms with van der Waals surface area (Å²) in [6.45, 7) is 12.8. The van der Waals surface area contributed by atoms with E-state index in [1.54, 1.807) is 0 Å². The van der Waals surface area contributed by atoms with Crippen LogP contribution < -0.4 is 0 Å². The number of fused-ring (bicyclic) bond motifs is 8. The Morgan fingerprint density at radius 3 is 1.68 bits per heavy atom. The minimum absolute atomic E-state index is 0.739. The standard InChI is InChI=1S/C54H38N2/c1-4-42-44(6-3)54-55-49-24-13-14-25-50(49)56(54)51-32-35(26-31-45(42)51)16-15-23-46-43(5-2)52(40-29-27-36-17-7-9-19-38(36)33-40)47-21-11-12-22-48(47)53(46)41-30-28-37-18-8-10-20-39(37)34-41/h4-15,17-34H,1-3,16H2/b23-15-. The summed E-state index contributed by atoms with van der Waals surface area (Å²) in [5.41, 5.74) is 14.3. The first-order valence-corrected chi connectivity index (χ1v) is 19.1. The zero-order valence-electron chi connectivity index (χ0n) is 31.0. The molecule has 2 aromatic heterocycles. The summed E-state index contributed by atoms with van der Waals surface area (Å²) < 4.78 is 2.27. The van der Waals surface area contributed by atoms with Crippen LogP contribution in [0.15, 0.2) is 177 Å². The van der Waals surface area contributed by atoms with E-state index in [1.165, 1.54) is 60.1 Å². The second kappa shape index (κ2) is 13.5. The summed E-state index contributed by atoms with van der Waals surface area (Å²) >= 11 is 0. The van der Waals surface area contributed by atoms with Gasteiger partial charge in [-0.1, -0.05) is 171 Å². The van der Waals surface area contributed by atoms with Crippen LogP contribution in [0.25, 0.3) is 106 Å². The van der Waals surface area contributed by atoms with Gasteiger partial charge in [-0.25, -0.2) is 4.98 Å². The molecule has 10 rings (SSSR count). The lowest BCUT2D eigenvalue weighted by Crippen LogP contribution is -1.97. The van der Waals surface area contributed by atoms with Crippen LogP contribution in [0.1, 0.15) is 27.8 Å². The maximum Gasteiger partial charge on any atom is 0.146 e. The highest BCUT2D eigenvalue weighted by Gasteiger charge is 2.20. The first-order chi connectivity index (χ1) is 27.6.